The second kappa shape index (κ2) is 4.05. The van der Waals surface area contributed by atoms with Gasteiger partial charge in [-0.05, 0) is 30.5 Å². The van der Waals surface area contributed by atoms with Gasteiger partial charge < -0.3 is 0 Å². The quantitative estimate of drug-likeness (QED) is 0.588. The molecule has 0 spiro atoms. The molecule has 0 saturated carbocycles. The van der Waals surface area contributed by atoms with Crippen molar-refractivity contribution in [3.63, 3.8) is 0 Å². The summed E-state index contributed by atoms with van der Waals surface area (Å²) in [6, 6.07) is 8.34. The van der Waals surface area contributed by atoms with Crippen molar-refractivity contribution >= 4 is 11.9 Å². The van der Waals surface area contributed by atoms with Crippen LogP contribution in [0.25, 0.3) is 0 Å². The number of nitrogens with zero attached hydrogens (tertiary/aromatic N) is 1. The van der Waals surface area contributed by atoms with Crippen LogP contribution in [0.3, 0.4) is 0 Å². The highest BCUT2D eigenvalue weighted by molar-refractivity contribution is 5.60. The van der Waals surface area contributed by atoms with E-state index in [2.05, 4.69) is 37.0 Å². The first kappa shape index (κ1) is 8.98. The third-order valence-corrected chi connectivity index (χ3v) is 1.82. The van der Waals surface area contributed by atoms with Crippen molar-refractivity contribution in [2.45, 2.75) is 26.7 Å². The second-order valence-electron chi connectivity index (χ2n) is 3.14. The van der Waals surface area contributed by atoms with E-state index in [1.807, 2.05) is 19.2 Å². The Kier molecular flexibility index (Phi) is 3.03. The summed E-state index contributed by atoms with van der Waals surface area (Å²) in [5.74, 6) is 0.581. The Hall–Kier alpha value is -1.11. The SMILES string of the molecule is CC=Nc1cccc(C(C)C)c1. The molecule has 64 valence electrons. The molecule has 0 fully saturated rings. The fourth-order valence-corrected chi connectivity index (χ4v) is 1.11. The van der Waals surface area contributed by atoms with E-state index in [9.17, 15) is 0 Å². The van der Waals surface area contributed by atoms with E-state index in [-0.39, 0.29) is 0 Å². The van der Waals surface area contributed by atoms with E-state index in [0.29, 0.717) is 5.92 Å². The topological polar surface area (TPSA) is 12.4 Å². The summed E-state index contributed by atoms with van der Waals surface area (Å²) in [5, 5.41) is 0. The minimum Gasteiger partial charge on any atom is -0.262 e. The molecule has 12 heavy (non-hydrogen) atoms. The second-order valence-corrected chi connectivity index (χ2v) is 3.14. The van der Waals surface area contributed by atoms with Gasteiger partial charge in [0.2, 0.25) is 0 Å². The molecule has 0 aliphatic heterocycles. The molecule has 0 unspecified atom stereocenters. The molecule has 1 heteroatoms. The maximum absolute atomic E-state index is 4.22. The van der Waals surface area contributed by atoms with Crippen LogP contribution < -0.4 is 0 Å². The molecule has 1 aromatic rings. The molecule has 0 radical (unpaired) electrons. The lowest BCUT2D eigenvalue weighted by Crippen LogP contribution is -1.84. The number of benzene rings is 1. The van der Waals surface area contributed by atoms with Gasteiger partial charge in [-0.2, -0.15) is 0 Å². The Morgan fingerprint density at radius 2 is 2.08 bits per heavy atom. The van der Waals surface area contributed by atoms with Crippen LogP contribution in [0.5, 0.6) is 0 Å². The fourth-order valence-electron chi connectivity index (χ4n) is 1.11. The van der Waals surface area contributed by atoms with Crippen LogP contribution in [0.4, 0.5) is 5.69 Å². The van der Waals surface area contributed by atoms with Gasteiger partial charge in [-0.1, -0.05) is 26.0 Å². The highest BCUT2D eigenvalue weighted by Crippen LogP contribution is 2.19. The first-order chi connectivity index (χ1) is 5.74. The number of aliphatic imine (C=N–C) groups is 1. The first-order valence-corrected chi connectivity index (χ1v) is 4.32. The predicted molar refractivity (Wildman–Crippen MR) is 54.4 cm³/mol. The monoisotopic (exact) mass is 161 g/mol. The standard InChI is InChI=1S/C11H15N/c1-4-12-11-7-5-6-10(8-11)9(2)3/h4-9H,1-3H3. The van der Waals surface area contributed by atoms with Crippen molar-refractivity contribution in [3.8, 4) is 0 Å². The van der Waals surface area contributed by atoms with Gasteiger partial charge >= 0.3 is 0 Å². The molecule has 0 N–H and O–H groups in total. The summed E-state index contributed by atoms with van der Waals surface area (Å²) in [7, 11) is 0. The maximum atomic E-state index is 4.22. The third-order valence-electron chi connectivity index (χ3n) is 1.82. The molecular formula is C11H15N. The van der Waals surface area contributed by atoms with Crippen LogP contribution in [0, 0.1) is 0 Å². The summed E-state index contributed by atoms with van der Waals surface area (Å²) >= 11 is 0. The number of hydrogen-bond acceptors (Lipinski definition) is 1. The van der Waals surface area contributed by atoms with Crippen LogP contribution in [0.2, 0.25) is 0 Å². The molecule has 0 saturated heterocycles. The lowest BCUT2D eigenvalue weighted by Gasteiger charge is -2.04. The summed E-state index contributed by atoms with van der Waals surface area (Å²) in [5.41, 5.74) is 2.39. The van der Waals surface area contributed by atoms with Crippen LogP contribution in [-0.2, 0) is 0 Å². The van der Waals surface area contributed by atoms with Crippen molar-refractivity contribution in [1.82, 2.24) is 0 Å². The number of hydrogen-bond donors (Lipinski definition) is 0. The average molecular weight is 161 g/mol. The Morgan fingerprint density at radius 3 is 2.67 bits per heavy atom. The Balaban J connectivity index is 2.95. The van der Waals surface area contributed by atoms with Gasteiger partial charge in [0, 0.05) is 6.21 Å². The van der Waals surface area contributed by atoms with Crippen molar-refractivity contribution < 1.29 is 0 Å². The van der Waals surface area contributed by atoms with Gasteiger partial charge in [0.15, 0.2) is 0 Å². The predicted octanol–water partition coefficient (Wildman–Crippen LogP) is 3.53. The van der Waals surface area contributed by atoms with Gasteiger partial charge in [-0.3, -0.25) is 4.99 Å². The zero-order chi connectivity index (χ0) is 8.97. The largest absolute Gasteiger partial charge is 0.262 e. The smallest absolute Gasteiger partial charge is 0.0628 e. The van der Waals surface area contributed by atoms with Gasteiger partial charge in [0.05, 0.1) is 5.69 Å². The molecule has 1 nitrogen and oxygen atoms in total. The van der Waals surface area contributed by atoms with Crippen LogP contribution in [0.15, 0.2) is 29.3 Å². The van der Waals surface area contributed by atoms with Gasteiger partial charge in [-0.25, -0.2) is 0 Å². The molecule has 0 aliphatic rings. The Morgan fingerprint density at radius 1 is 1.33 bits per heavy atom. The highest BCUT2D eigenvalue weighted by Gasteiger charge is 1.97. The Bertz CT molecular complexity index is 274. The van der Waals surface area contributed by atoms with E-state index >= 15 is 0 Å². The lowest BCUT2D eigenvalue weighted by atomic mass is 10.0. The maximum Gasteiger partial charge on any atom is 0.0628 e. The molecular weight excluding hydrogens is 146 g/mol. The lowest BCUT2D eigenvalue weighted by molar-refractivity contribution is 0.867. The minimum absolute atomic E-state index is 0.581. The minimum atomic E-state index is 0.581. The normalized spacial score (nSPS) is 11.3. The Labute approximate surface area is 74.2 Å². The van der Waals surface area contributed by atoms with Crippen molar-refractivity contribution in [2.24, 2.45) is 4.99 Å². The molecule has 1 rings (SSSR count). The van der Waals surface area contributed by atoms with Crippen molar-refractivity contribution in [3.05, 3.63) is 29.8 Å². The molecule has 0 aromatic heterocycles. The summed E-state index contributed by atoms with van der Waals surface area (Å²) in [6.07, 6.45) is 1.82. The van der Waals surface area contributed by atoms with Crippen molar-refractivity contribution in [2.75, 3.05) is 0 Å². The number of rotatable bonds is 2. The van der Waals surface area contributed by atoms with Crippen LogP contribution in [-0.4, -0.2) is 6.21 Å². The van der Waals surface area contributed by atoms with Crippen LogP contribution >= 0.6 is 0 Å². The average Bonchev–Trinajstić information content (AvgIpc) is 2.05. The zero-order valence-corrected chi connectivity index (χ0v) is 7.91. The molecule has 0 bridgehead atoms. The molecule has 1 aromatic carbocycles. The summed E-state index contributed by atoms with van der Waals surface area (Å²) in [4.78, 5) is 4.22. The summed E-state index contributed by atoms with van der Waals surface area (Å²) in [6.45, 7) is 6.31. The van der Waals surface area contributed by atoms with Gasteiger partial charge in [0.1, 0.15) is 0 Å². The fraction of sp³-hybridized carbons (Fsp3) is 0.364. The highest BCUT2D eigenvalue weighted by atomic mass is 14.7. The molecule has 0 amide bonds. The van der Waals surface area contributed by atoms with E-state index in [0.717, 1.165) is 5.69 Å². The van der Waals surface area contributed by atoms with Gasteiger partial charge in [-0.15, -0.1) is 0 Å². The van der Waals surface area contributed by atoms with E-state index in [4.69, 9.17) is 0 Å². The molecule has 0 atom stereocenters. The van der Waals surface area contributed by atoms with E-state index < -0.39 is 0 Å². The third kappa shape index (κ3) is 2.19. The van der Waals surface area contributed by atoms with Crippen molar-refractivity contribution in [1.29, 1.82) is 0 Å². The molecule has 0 aliphatic carbocycles. The molecule has 0 heterocycles. The summed E-state index contributed by atoms with van der Waals surface area (Å²) < 4.78 is 0. The zero-order valence-electron chi connectivity index (χ0n) is 7.91. The van der Waals surface area contributed by atoms with E-state index in [1.165, 1.54) is 5.56 Å². The van der Waals surface area contributed by atoms with E-state index in [1.54, 1.807) is 0 Å². The van der Waals surface area contributed by atoms with Gasteiger partial charge in [0.25, 0.3) is 0 Å². The first-order valence-electron chi connectivity index (χ1n) is 4.32. The van der Waals surface area contributed by atoms with Crippen LogP contribution in [0.1, 0.15) is 32.3 Å².